The zero-order chi connectivity index (χ0) is 19.2. The quantitative estimate of drug-likeness (QED) is 0.681. The molecule has 3 aromatic rings. The zero-order valence-corrected chi connectivity index (χ0v) is 15.7. The molecular weight excluding hydrogens is 336 g/mol. The maximum Gasteiger partial charge on any atom is 0.274 e. The molecule has 3 rings (SSSR count). The molecule has 0 unspecified atom stereocenters. The topological polar surface area (TPSA) is 51.1 Å². The van der Waals surface area contributed by atoms with Crippen molar-refractivity contribution in [3.63, 3.8) is 0 Å². The van der Waals surface area contributed by atoms with Crippen molar-refractivity contribution >= 4 is 11.6 Å². The van der Waals surface area contributed by atoms with Crippen molar-refractivity contribution in [3.8, 4) is 11.1 Å². The lowest BCUT2D eigenvalue weighted by atomic mass is 10.1. The van der Waals surface area contributed by atoms with Crippen molar-refractivity contribution < 1.29 is 4.79 Å². The summed E-state index contributed by atoms with van der Waals surface area (Å²) in [6.45, 7) is 4.60. The van der Waals surface area contributed by atoms with E-state index in [2.05, 4.69) is 12.2 Å². The van der Waals surface area contributed by atoms with Gasteiger partial charge in [-0.1, -0.05) is 61.9 Å². The van der Waals surface area contributed by atoms with E-state index in [-0.39, 0.29) is 11.5 Å². The van der Waals surface area contributed by atoms with Gasteiger partial charge in [-0.25, -0.2) is 0 Å². The fourth-order valence-corrected chi connectivity index (χ4v) is 3.03. The second-order valence-electron chi connectivity index (χ2n) is 6.63. The van der Waals surface area contributed by atoms with E-state index in [1.54, 1.807) is 16.7 Å². The Labute approximate surface area is 159 Å². The summed E-state index contributed by atoms with van der Waals surface area (Å²) in [5.41, 5.74) is 3.49. The molecule has 2 aromatic carbocycles. The predicted octanol–water partition coefficient (Wildman–Crippen LogP) is 4.88. The first kappa shape index (κ1) is 18.6. The summed E-state index contributed by atoms with van der Waals surface area (Å²) in [4.78, 5) is 25.6. The van der Waals surface area contributed by atoms with Crippen molar-refractivity contribution in [1.82, 2.24) is 4.57 Å². The molecule has 27 heavy (non-hydrogen) atoms. The molecule has 0 saturated carbocycles. The third kappa shape index (κ3) is 4.34. The van der Waals surface area contributed by atoms with Gasteiger partial charge in [0.05, 0.1) is 0 Å². The number of benzene rings is 2. The van der Waals surface area contributed by atoms with Gasteiger partial charge in [0.25, 0.3) is 11.5 Å². The van der Waals surface area contributed by atoms with Crippen molar-refractivity contribution in [2.75, 3.05) is 5.32 Å². The zero-order valence-electron chi connectivity index (χ0n) is 15.7. The lowest BCUT2D eigenvalue weighted by molar-refractivity contribution is 0.102. The van der Waals surface area contributed by atoms with Gasteiger partial charge in [0.15, 0.2) is 0 Å². The molecule has 0 radical (unpaired) electrons. The van der Waals surface area contributed by atoms with E-state index in [4.69, 9.17) is 0 Å². The highest BCUT2D eigenvalue weighted by molar-refractivity contribution is 6.05. The van der Waals surface area contributed by atoms with E-state index < -0.39 is 0 Å². The van der Waals surface area contributed by atoms with Crippen LogP contribution in [0.2, 0.25) is 0 Å². The van der Waals surface area contributed by atoms with Crippen LogP contribution in [0.1, 0.15) is 35.7 Å². The Hall–Kier alpha value is -3.14. The number of amides is 1. The van der Waals surface area contributed by atoms with Crippen LogP contribution >= 0.6 is 0 Å². The van der Waals surface area contributed by atoms with Crippen LogP contribution in [0.4, 0.5) is 5.69 Å². The smallest absolute Gasteiger partial charge is 0.274 e. The number of anilines is 1. The number of pyridine rings is 1. The van der Waals surface area contributed by atoms with Crippen molar-refractivity contribution in [2.24, 2.45) is 0 Å². The Bertz CT molecular complexity index is 991. The van der Waals surface area contributed by atoms with Crippen LogP contribution in [0.15, 0.2) is 71.7 Å². The molecule has 1 N–H and O–H groups in total. The molecule has 0 spiro atoms. The van der Waals surface area contributed by atoms with Gasteiger partial charge in [-0.15, -0.1) is 0 Å². The average Bonchev–Trinajstić information content (AvgIpc) is 2.69. The second-order valence-corrected chi connectivity index (χ2v) is 6.63. The summed E-state index contributed by atoms with van der Waals surface area (Å²) >= 11 is 0. The predicted molar refractivity (Wildman–Crippen MR) is 110 cm³/mol. The number of unbranched alkanes of at least 4 members (excludes halogenated alkanes) is 1. The summed E-state index contributed by atoms with van der Waals surface area (Å²) in [5.74, 6) is -0.266. The summed E-state index contributed by atoms with van der Waals surface area (Å²) < 4.78 is 1.69. The third-order valence-corrected chi connectivity index (χ3v) is 4.58. The molecule has 0 aliphatic rings. The first-order chi connectivity index (χ1) is 13.1. The normalized spacial score (nSPS) is 10.6. The molecule has 138 valence electrons. The van der Waals surface area contributed by atoms with Crippen LogP contribution in [0.3, 0.4) is 0 Å². The molecule has 1 aromatic heterocycles. The van der Waals surface area contributed by atoms with Crippen LogP contribution in [0, 0.1) is 6.92 Å². The Morgan fingerprint density at radius 3 is 2.41 bits per heavy atom. The van der Waals surface area contributed by atoms with Crippen LogP contribution in [-0.4, -0.2) is 10.5 Å². The summed E-state index contributed by atoms with van der Waals surface area (Å²) in [6.07, 6.45) is 3.77. The fourth-order valence-electron chi connectivity index (χ4n) is 3.03. The minimum Gasteiger partial charge on any atom is -0.317 e. The summed E-state index contributed by atoms with van der Waals surface area (Å²) in [5, 5.41) is 2.82. The highest BCUT2D eigenvalue weighted by Gasteiger charge is 2.13. The molecule has 0 fully saturated rings. The Morgan fingerprint density at radius 2 is 1.70 bits per heavy atom. The van der Waals surface area contributed by atoms with Crippen molar-refractivity contribution in [1.29, 1.82) is 0 Å². The maximum absolute atomic E-state index is 12.9. The first-order valence-corrected chi connectivity index (χ1v) is 9.27. The number of nitrogens with zero attached hydrogens (tertiary/aromatic N) is 1. The van der Waals surface area contributed by atoms with E-state index in [1.165, 1.54) is 0 Å². The summed E-state index contributed by atoms with van der Waals surface area (Å²) in [6, 6.07) is 19.0. The lowest BCUT2D eigenvalue weighted by Gasteiger charge is -2.13. The lowest BCUT2D eigenvalue weighted by Crippen LogP contribution is -2.26. The molecule has 0 atom stereocenters. The number of rotatable bonds is 6. The highest BCUT2D eigenvalue weighted by atomic mass is 16.2. The van der Waals surface area contributed by atoms with E-state index in [0.29, 0.717) is 17.8 Å². The maximum atomic E-state index is 12.9. The Kier molecular flexibility index (Phi) is 5.87. The molecule has 0 saturated heterocycles. The number of hydrogen-bond donors (Lipinski definition) is 1. The van der Waals surface area contributed by atoms with Gasteiger partial charge in [-0.05, 0) is 36.6 Å². The van der Waals surface area contributed by atoms with Gasteiger partial charge < -0.3 is 9.88 Å². The van der Waals surface area contributed by atoms with Crippen molar-refractivity contribution in [2.45, 2.75) is 33.2 Å². The van der Waals surface area contributed by atoms with Gasteiger partial charge in [-0.2, -0.15) is 0 Å². The van der Waals surface area contributed by atoms with Gasteiger partial charge in [0, 0.05) is 23.9 Å². The minimum atomic E-state index is -0.266. The highest BCUT2D eigenvalue weighted by Crippen LogP contribution is 2.21. The van der Waals surface area contributed by atoms with Crippen LogP contribution in [-0.2, 0) is 6.54 Å². The van der Waals surface area contributed by atoms with E-state index in [0.717, 1.165) is 29.5 Å². The monoisotopic (exact) mass is 360 g/mol. The molecule has 0 aliphatic carbocycles. The number of carbonyl (C=O) groups is 1. The van der Waals surface area contributed by atoms with Crippen LogP contribution < -0.4 is 10.9 Å². The number of hydrogen-bond acceptors (Lipinski definition) is 2. The number of carbonyl (C=O) groups excluding carboxylic acids is 1. The van der Waals surface area contributed by atoms with Crippen molar-refractivity contribution in [3.05, 3.63) is 88.3 Å². The van der Waals surface area contributed by atoms with Crippen LogP contribution in [0.5, 0.6) is 0 Å². The van der Waals surface area contributed by atoms with E-state index in [1.807, 2.05) is 61.7 Å². The van der Waals surface area contributed by atoms with Gasteiger partial charge >= 0.3 is 0 Å². The average molecular weight is 360 g/mol. The number of aromatic nitrogens is 1. The van der Waals surface area contributed by atoms with E-state index in [9.17, 15) is 9.59 Å². The largest absolute Gasteiger partial charge is 0.317 e. The number of aryl methyl sites for hydroxylation is 2. The van der Waals surface area contributed by atoms with Crippen LogP contribution in [0.25, 0.3) is 11.1 Å². The summed E-state index contributed by atoms with van der Waals surface area (Å²) in [7, 11) is 0. The SMILES string of the molecule is CCCCn1cc(-c2ccccc2)cc(NC(=O)c2ccccc2C)c1=O. The molecule has 0 aliphatic heterocycles. The van der Waals surface area contributed by atoms with Gasteiger partial charge in [0.1, 0.15) is 5.69 Å². The first-order valence-electron chi connectivity index (χ1n) is 9.27. The Balaban J connectivity index is 2.01. The Morgan fingerprint density at radius 1 is 1.00 bits per heavy atom. The molecular formula is C23H24N2O2. The number of nitrogens with one attached hydrogen (secondary N) is 1. The molecule has 0 bridgehead atoms. The van der Waals surface area contributed by atoms with Gasteiger partial charge in [0.2, 0.25) is 0 Å². The second kappa shape index (κ2) is 8.49. The third-order valence-electron chi connectivity index (χ3n) is 4.58. The standard InChI is InChI=1S/C23H24N2O2/c1-3-4-14-25-16-19(18-11-6-5-7-12-18)15-21(23(25)27)24-22(26)20-13-9-8-10-17(20)2/h5-13,15-16H,3-4,14H2,1-2H3,(H,24,26). The molecule has 4 heteroatoms. The van der Waals surface area contributed by atoms with Gasteiger partial charge in [-0.3, -0.25) is 9.59 Å². The fraction of sp³-hybridized carbons (Fsp3) is 0.217. The molecule has 1 heterocycles. The molecule has 1 amide bonds. The molecule has 4 nitrogen and oxygen atoms in total. The minimum absolute atomic E-state index is 0.176. The van der Waals surface area contributed by atoms with E-state index >= 15 is 0 Å².